The average molecular weight is 243 g/mol. The second kappa shape index (κ2) is 5.83. The van der Waals surface area contributed by atoms with Crippen LogP contribution in [0.1, 0.15) is 40.5 Å². The van der Waals surface area contributed by atoms with Crippen LogP contribution in [-0.4, -0.2) is 37.9 Å². The van der Waals surface area contributed by atoms with Gasteiger partial charge in [-0.15, -0.1) is 0 Å². The molecule has 0 spiro atoms. The molecule has 0 bridgehead atoms. The summed E-state index contributed by atoms with van der Waals surface area (Å²) in [6.45, 7) is 10.5. The highest BCUT2D eigenvalue weighted by Crippen LogP contribution is 2.28. The van der Waals surface area contributed by atoms with E-state index in [1.165, 1.54) is 0 Å². The zero-order valence-corrected chi connectivity index (χ0v) is 11.5. The third-order valence-electron chi connectivity index (χ3n) is 3.01. The highest BCUT2D eigenvalue weighted by atomic mass is 16.6. The van der Waals surface area contributed by atoms with E-state index in [4.69, 9.17) is 9.47 Å². The van der Waals surface area contributed by atoms with E-state index < -0.39 is 11.0 Å². The Balaban J connectivity index is 2.66. The van der Waals surface area contributed by atoms with Gasteiger partial charge >= 0.3 is 5.97 Å². The van der Waals surface area contributed by atoms with Crippen LogP contribution in [0.5, 0.6) is 0 Å². The van der Waals surface area contributed by atoms with E-state index >= 15 is 0 Å². The third-order valence-corrected chi connectivity index (χ3v) is 3.01. The summed E-state index contributed by atoms with van der Waals surface area (Å²) >= 11 is 0. The second-order valence-electron chi connectivity index (χ2n) is 5.71. The van der Waals surface area contributed by atoms with E-state index in [1.54, 1.807) is 0 Å². The molecule has 0 saturated carbocycles. The van der Waals surface area contributed by atoms with Crippen molar-refractivity contribution < 1.29 is 14.3 Å². The molecule has 1 saturated heterocycles. The van der Waals surface area contributed by atoms with Gasteiger partial charge in [0, 0.05) is 19.4 Å². The Hall–Kier alpha value is -0.610. The SMILES string of the molecule is CCOCC1(OC(=O)C(C)(C)C)CCNCC1. The number of esters is 1. The van der Waals surface area contributed by atoms with Crippen LogP contribution in [0.15, 0.2) is 0 Å². The lowest BCUT2D eigenvalue weighted by Gasteiger charge is -2.38. The zero-order chi connectivity index (χ0) is 12.9. The minimum absolute atomic E-state index is 0.140. The molecule has 1 heterocycles. The average Bonchev–Trinajstić information content (AvgIpc) is 2.26. The predicted molar refractivity (Wildman–Crippen MR) is 66.9 cm³/mol. The highest BCUT2D eigenvalue weighted by molar-refractivity contribution is 5.75. The van der Waals surface area contributed by atoms with Gasteiger partial charge in [-0.2, -0.15) is 0 Å². The van der Waals surface area contributed by atoms with Gasteiger partial charge in [-0.1, -0.05) is 0 Å². The molecule has 4 nitrogen and oxygen atoms in total. The molecule has 1 fully saturated rings. The van der Waals surface area contributed by atoms with E-state index in [0.29, 0.717) is 13.2 Å². The van der Waals surface area contributed by atoms with Gasteiger partial charge in [0.1, 0.15) is 5.60 Å². The molecular weight excluding hydrogens is 218 g/mol. The van der Waals surface area contributed by atoms with Gasteiger partial charge in [0.2, 0.25) is 0 Å². The van der Waals surface area contributed by atoms with Crippen molar-refractivity contribution in [1.82, 2.24) is 5.32 Å². The maximum atomic E-state index is 12.0. The largest absolute Gasteiger partial charge is 0.456 e. The lowest BCUT2D eigenvalue weighted by atomic mass is 9.91. The minimum Gasteiger partial charge on any atom is -0.456 e. The predicted octanol–water partition coefficient (Wildman–Crippen LogP) is 1.73. The summed E-state index contributed by atoms with van der Waals surface area (Å²) in [7, 11) is 0. The van der Waals surface area contributed by atoms with Gasteiger partial charge in [-0.25, -0.2) is 0 Å². The first-order valence-electron chi connectivity index (χ1n) is 6.41. The minimum atomic E-state index is -0.454. The van der Waals surface area contributed by atoms with Crippen molar-refractivity contribution >= 4 is 5.97 Å². The summed E-state index contributed by atoms with van der Waals surface area (Å²) in [5, 5.41) is 3.28. The topological polar surface area (TPSA) is 47.6 Å². The number of nitrogens with one attached hydrogen (secondary N) is 1. The molecule has 1 rings (SSSR count). The van der Waals surface area contributed by atoms with Crippen molar-refractivity contribution in [1.29, 1.82) is 0 Å². The maximum Gasteiger partial charge on any atom is 0.311 e. The smallest absolute Gasteiger partial charge is 0.311 e. The molecule has 0 aromatic heterocycles. The molecule has 0 aromatic rings. The molecule has 1 aliphatic heterocycles. The van der Waals surface area contributed by atoms with Gasteiger partial charge < -0.3 is 14.8 Å². The Morgan fingerprint density at radius 1 is 1.29 bits per heavy atom. The lowest BCUT2D eigenvalue weighted by Crippen LogP contribution is -2.50. The van der Waals surface area contributed by atoms with Crippen LogP contribution in [0.3, 0.4) is 0 Å². The Morgan fingerprint density at radius 2 is 1.88 bits per heavy atom. The molecule has 1 aliphatic rings. The van der Waals surface area contributed by atoms with Crippen LogP contribution in [0.4, 0.5) is 0 Å². The van der Waals surface area contributed by atoms with Gasteiger partial charge in [-0.05, 0) is 40.8 Å². The summed E-state index contributed by atoms with van der Waals surface area (Å²) in [4.78, 5) is 12.0. The monoisotopic (exact) mass is 243 g/mol. The second-order valence-corrected chi connectivity index (χ2v) is 5.71. The molecule has 0 unspecified atom stereocenters. The van der Waals surface area contributed by atoms with E-state index in [9.17, 15) is 4.79 Å². The molecule has 17 heavy (non-hydrogen) atoms. The molecule has 0 aliphatic carbocycles. The summed E-state index contributed by atoms with van der Waals surface area (Å²) in [6, 6.07) is 0. The van der Waals surface area contributed by atoms with Crippen molar-refractivity contribution in [2.75, 3.05) is 26.3 Å². The normalized spacial score (nSPS) is 20.0. The van der Waals surface area contributed by atoms with Gasteiger partial charge in [-0.3, -0.25) is 4.79 Å². The van der Waals surface area contributed by atoms with E-state index in [1.807, 2.05) is 27.7 Å². The first-order chi connectivity index (χ1) is 7.90. The number of hydrogen-bond acceptors (Lipinski definition) is 4. The molecule has 100 valence electrons. The number of piperidine rings is 1. The molecular formula is C13H25NO3. The van der Waals surface area contributed by atoms with Crippen LogP contribution >= 0.6 is 0 Å². The first-order valence-corrected chi connectivity index (χ1v) is 6.41. The Labute approximate surface area is 104 Å². The first kappa shape index (κ1) is 14.5. The maximum absolute atomic E-state index is 12.0. The molecule has 4 heteroatoms. The van der Waals surface area contributed by atoms with Gasteiger partial charge in [0.15, 0.2) is 0 Å². The van der Waals surface area contributed by atoms with Crippen LogP contribution in [0.2, 0.25) is 0 Å². The zero-order valence-electron chi connectivity index (χ0n) is 11.5. The fourth-order valence-corrected chi connectivity index (χ4v) is 1.80. The Bertz CT molecular complexity index is 252. The fraction of sp³-hybridized carbons (Fsp3) is 0.923. The van der Waals surface area contributed by atoms with E-state index in [2.05, 4.69) is 5.32 Å². The van der Waals surface area contributed by atoms with Crippen molar-refractivity contribution in [3.8, 4) is 0 Å². The Kier molecular flexibility index (Phi) is 4.95. The number of hydrogen-bond donors (Lipinski definition) is 1. The molecule has 0 radical (unpaired) electrons. The summed E-state index contributed by atoms with van der Waals surface area (Å²) in [5.41, 5.74) is -0.879. The highest BCUT2D eigenvalue weighted by Gasteiger charge is 2.39. The van der Waals surface area contributed by atoms with Crippen LogP contribution in [0.25, 0.3) is 0 Å². The number of rotatable bonds is 4. The quantitative estimate of drug-likeness (QED) is 0.764. The van der Waals surface area contributed by atoms with Crippen molar-refractivity contribution in [3.05, 3.63) is 0 Å². The molecule has 0 atom stereocenters. The number of ether oxygens (including phenoxy) is 2. The van der Waals surface area contributed by atoms with Crippen molar-refractivity contribution in [2.45, 2.75) is 46.1 Å². The number of carbonyl (C=O) groups is 1. The van der Waals surface area contributed by atoms with Crippen LogP contribution in [-0.2, 0) is 14.3 Å². The fourth-order valence-electron chi connectivity index (χ4n) is 1.80. The molecule has 1 N–H and O–H groups in total. The van der Waals surface area contributed by atoms with Gasteiger partial charge in [0.25, 0.3) is 0 Å². The summed E-state index contributed by atoms with van der Waals surface area (Å²) in [5.74, 6) is -0.140. The molecule has 0 aromatic carbocycles. The Morgan fingerprint density at radius 3 is 2.35 bits per heavy atom. The number of carbonyl (C=O) groups excluding carboxylic acids is 1. The van der Waals surface area contributed by atoms with E-state index in [-0.39, 0.29) is 5.97 Å². The van der Waals surface area contributed by atoms with Crippen LogP contribution < -0.4 is 5.32 Å². The van der Waals surface area contributed by atoms with Crippen molar-refractivity contribution in [2.24, 2.45) is 5.41 Å². The lowest BCUT2D eigenvalue weighted by molar-refractivity contribution is -0.179. The summed E-state index contributed by atoms with van der Waals surface area (Å²) < 4.78 is 11.2. The molecule has 0 amide bonds. The van der Waals surface area contributed by atoms with Crippen LogP contribution in [0, 0.1) is 5.41 Å². The summed E-state index contributed by atoms with van der Waals surface area (Å²) in [6.07, 6.45) is 1.66. The van der Waals surface area contributed by atoms with E-state index in [0.717, 1.165) is 25.9 Å². The van der Waals surface area contributed by atoms with Crippen molar-refractivity contribution in [3.63, 3.8) is 0 Å². The standard InChI is InChI=1S/C13H25NO3/c1-5-16-10-13(6-8-14-9-7-13)17-11(15)12(2,3)4/h14H,5-10H2,1-4H3. The van der Waals surface area contributed by atoms with Gasteiger partial charge in [0.05, 0.1) is 12.0 Å². The third kappa shape index (κ3) is 4.28.